The van der Waals surface area contributed by atoms with Gasteiger partial charge in [0.1, 0.15) is 5.75 Å². The van der Waals surface area contributed by atoms with Crippen molar-refractivity contribution in [2.45, 2.75) is 0 Å². The molecule has 3 rings (SSSR count). The van der Waals surface area contributed by atoms with Crippen LogP contribution in [0.4, 0.5) is 0 Å². The van der Waals surface area contributed by atoms with E-state index in [1.54, 1.807) is 7.11 Å². The maximum Gasteiger partial charge on any atom is 0.126 e. The Labute approximate surface area is 131 Å². The largest absolute Gasteiger partial charge is 0.496 e. The molecule has 3 aromatic carbocycles. The van der Waals surface area contributed by atoms with E-state index >= 15 is 0 Å². The molecule has 0 amide bonds. The van der Waals surface area contributed by atoms with Crippen LogP contribution in [0.15, 0.2) is 79.4 Å². The van der Waals surface area contributed by atoms with E-state index in [4.69, 9.17) is 4.74 Å². The zero-order valence-electron chi connectivity index (χ0n) is 12.6. The topological polar surface area (TPSA) is 9.23 Å². The maximum absolute atomic E-state index is 5.38. The van der Waals surface area contributed by atoms with E-state index in [1.807, 2.05) is 30.3 Å². The number of fused-ring (bicyclic) bond motifs is 1. The van der Waals surface area contributed by atoms with Crippen molar-refractivity contribution in [2.24, 2.45) is 0 Å². The first kappa shape index (κ1) is 14.2. The molecule has 0 heterocycles. The summed E-state index contributed by atoms with van der Waals surface area (Å²) >= 11 is 0. The Balaban J connectivity index is 1.87. The summed E-state index contributed by atoms with van der Waals surface area (Å²) in [6, 6.07) is 22.7. The SMILES string of the molecule is C=C(C=Cc1ccc2ccccc2c1)c1ccccc1OC. The van der Waals surface area contributed by atoms with Crippen molar-refractivity contribution in [1.82, 2.24) is 0 Å². The van der Waals surface area contributed by atoms with Crippen molar-refractivity contribution in [3.8, 4) is 5.75 Å². The monoisotopic (exact) mass is 286 g/mol. The van der Waals surface area contributed by atoms with E-state index in [9.17, 15) is 0 Å². The molecule has 0 saturated carbocycles. The summed E-state index contributed by atoms with van der Waals surface area (Å²) in [5, 5.41) is 2.50. The molecule has 0 unspecified atom stereocenters. The zero-order valence-corrected chi connectivity index (χ0v) is 12.6. The Hall–Kier alpha value is -2.80. The Kier molecular flexibility index (Phi) is 4.06. The van der Waals surface area contributed by atoms with Crippen molar-refractivity contribution in [2.75, 3.05) is 7.11 Å². The molecule has 22 heavy (non-hydrogen) atoms. The Bertz CT molecular complexity index is 843. The van der Waals surface area contributed by atoms with E-state index in [-0.39, 0.29) is 0 Å². The molecule has 0 aliphatic rings. The van der Waals surface area contributed by atoms with Gasteiger partial charge >= 0.3 is 0 Å². The van der Waals surface area contributed by atoms with Crippen LogP contribution in [-0.4, -0.2) is 7.11 Å². The highest BCUT2D eigenvalue weighted by Gasteiger charge is 2.02. The fraction of sp³-hybridized carbons (Fsp3) is 0.0476. The van der Waals surface area contributed by atoms with Crippen LogP contribution in [-0.2, 0) is 0 Å². The molecular weight excluding hydrogens is 268 g/mol. The second-order valence-electron chi connectivity index (χ2n) is 5.17. The molecule has 1 nitrogen and oxygen atoms in total. The maximum atomic E-state index is 5.38. The molecule has 0 saturated heterocycles. The number of hydrogen-bond acceptors (Lipinski definition) is 1. The summed E-state index contributed by atoms with van der Waals surface area (Å²) in [7, 11) is 1.68. The van der Waals surface area contributed by atoms with Crippen LogP contribution in [0.5, 0.6) is 5.75 Å². The van der Waals surface area contributed by atoms with Gasteiger partial charge in [-0.05, 0) is 34.0 Å². The second kappa shape index (κ2) is 6.31. The molecule has 0 radical (unpaired) electrons. The number of methoxy groups -OCH3 is 1. The molecule has 0 bridgehead atoms. The lowest BCUT2D eigenvalue weighted by molar-refractivity contribution is 0.413. The normalized spacial score (nSPS) is 11.0. The van der Waals surface area contributed by atoms with Gasteiger partial charge in [-0.25, -0.2) is 0 Å². The Morgan fingerprint density at radius 3 is 2.45 bits per heavy atom. The van der Waals surface area contributed by atoms with E-state index in [0.29, 0.717) is 0 Å². The highest BCUT2D eigenvalue weighted by molar-refractivity contribution is 5.86. The van der Waals surface area contributed by atoms with Gasteiger partial charge in [-0.3, -0.25) is 0 Å². The third-order valence-corrected chi connectivity index (χ3v) is 3.70. The van der Waals surface area contributed by atoms with Gasteiger partial charge in [-0.2, -0.15) is 0 Å². The van der Waals surface area contributed by atoms with Crippen LogP contribution in [0, 0.1) is 0 Å². The van der Waals surface area contributed by atoms with Crippen molar-refractivity contribution in [1.29, 1.82) is 0 Å². The molecular formula is C21H18O. The van der Waals surface area contributed by atoms with Gasteiger partial charge < -0.3 is 4.74 Å². The van der Waals surface area contributed by atoms with Crippen LogP contribution >= 0.6 is 0 Å². The highest BCUT2D eigenvalue weighted by atomic mass is 16.5. The van der Waals surface area contributed by atoms with E-state index in [2.05, 4.69) is 55.1 Å². The fourth-order valence-electron chi connectivity index (χ4n) is 2.51. The average molecular weight is 286 g/mol. The second-order valence-corrected chi connectivity index (χ2v) is 5.17. The average Bonchev–Trinajstić information content (AvgIpc) is 2.59. The third-order valence-electron chi connectivity index (χ3n) is 3.70. The van der Waals surface area contributed by atoms with E-state index in [0.717, 1.165) is 22.4 Å². The summed E-state index contributed by atoms with van der Waals surface area (Å²) in [5.74, 6) is 0.843. The van der Waals surface area contributed by atoms with Gasteiger partial charge in [0.15, 0.2) is 0 Å². The smallest absolute Gasteiger partial charge is 0.126 e. The van der Waals surface area contributed by atoms with Gasteiger partial charge in [0.25, 0.3) is 0 Å². The standard InChI is InChI=1S/C21H18O/c1-16(20-9-5-6-10-21(20)22-2)11-12-17-13-14-18-7-3-4-8-19(18)15-17/h3-15H,1H2,2H3. The summed E-state index contributed by atoms with van der Waals surface area (Å²) in [4.78, 5) is 0. The lowest BCUT2D eigenvalue weighted by Gasteiger charge is -2.07. The summed E-state index contributed by atoms with van der Waals surface area (Å²) in [6.07, 6.45) is 4.11. The lowest BCUT2D eigenvalue weighted by Crippen LogP contribution is -1.88. The molecule has 0 atom stereocenters. The molecule has 3 aromatic rings. The number of rotatable bonds is 4. The molecule has 0 fully saturated rings. The van der Waals surface area contributed by atoms with E-state index in [1.165, 1.54) is 10.8 Å². The number of allylic oxidation sites excluding steroid dienone is 2. The van der Waals surface area contributed by atoms with Crippen LogP contribution in [0.25, 0.3) is 22.4 Å². The van der Waals surface area contributed by atoms with Crippen molar-refractivity contribution in [3.05, 3.63) is 90.5 Å². The van der Waals surface area contributed by atoms with Crippen molar-refractivity contribution < 1.29 is 4.74 Å². The van der Waals surface area contributed by atoms with Crippen molar-refractivity contribution >= 4 is 22.4 Å². The van der Waals surface area contributed by atoms with Gasteiger partial charge in [-0.15, -0.1) is 0 Å². The van der Waals surface area contributed by atoms with Crippen molar-refractivity contribution in [3.63, 3.8) is 0 Å². The first-order chi connectivity index (χ1) is 10.8. The van der Waals surface area contributed by atoms with Crippen LogP contribution in [0.1, 0.15) is 11.1 Å². The summed E-state index contributed by atoms with van der Waals surface area (Å²) in [5.41, 5.74) is 3.11. The first-order valence-corrected chi connectivity index (χ1v) is 7.27. The molecule has 1 heteroatoms. The fourth-order valence-corrected chi connectivity index (χ4v) is 2.51. The molecule has 0 spiro atoms. The number of benzene rings is 3. The quantitative estimate of drug-likeness (QED) is 0.569. The van der Waals surface area contributed by atoms with Crippen LogP contribution in [0.2, 0.25) is 0 Å². The number of hydrogen-bond donors (Lipinski definition) is 0. The minimum atomic E-state index is 0.843. The third kappa shape index (κ3) is 2.94. The predicted octanol–water partition coefficient (Wildman–Crippen LogP) is 5.58. The first-order valence-electron chi connectivity index (χ1n) is 7.27. The van der Waals surface area contributed by atoms with Crippen LogP contribution < -0.4 is 4.74 Å². The van der Waals surface area contributed by atoms with Gasteiger partial charge in [0.2, 0.25) is 0 Å². The summed E-state index contributed by atoms with van der Waals surface area (Å²) < 4.78 is 5.38. The highest BCUT2D eigenvalue weighted by Crippen LogP contribution is 2.26. The molecule has 0 aliphatic carbocycles. The molecule has 0 aromatic heterocycles. The Morgan fingerprint density at radius 2 is 1.64 bits per heavy atom. The van der Waals surface area contributed by atoms with Crippen LogP contribution in [0.3, 0.4) is 0 Å². The summed E-state index contributed by atoms with van der Waals surface area (Å²) in [6.45, 7) is 4.14. The minimum absolute atomic E-state index is 0.843. The number of ether oxygens (including phenoxy) is 1. The predicted molar refractivity (Wildman–Crippen MR) is 95.0 cm³/mol. The van der Waals surface area contributed by atoms with E-state index < -0.39 is 0 Å². The zero-order chi connectivity index (χ0) is 15.4. The molecule has 108 valence electrons. The Morgan fingerprint density at radius 1 is 0.909 bits per heavy atom. The van der Waals surface area contributed by atoms with Gasteiger partial charge in [0, 0.05) is 5.56 Å². The minimum Gasteiger partial charge on any atom is -0.496 e. The lowest BCUT2D eigenvalue weighted by atomic mass is 10.0. The molecule has 0 N–H and O–H groups in total. The molecule has 0 aliphatic heterocycles. The van der Waals surface area contributed by atoms with Gasteiger partial charge in [0.05, 0.1) is 7.11 Å². The van der Waals surface area contributed by atoms with Gasteiger partial charge in [-0.1, -0.05) is 73.3 Å². The number of para-hydroxylation sites is 1.